The number of esters is 1. The average molecular weight is 453 g/mol. The molecule has 3 aliphatic heterocycles. The summed E-state index contributed by atoms with van der Waals surface area (Å²) in [5.74, 6) is 1.80. The van der Waals surface area contributed by atoms with E-state index in [2.05, 4.69) is 46.7 Å². The SMILES string of the molecule is C#C[C@@]12O[C@H]3OC(=O)[C@H](CO[Si](C)(C)C(C)(C)C)[C@@](C)(C[C@@H]4O[C@@]41C)C2[C@H]3OCOC. The Morgan fingerprint density at radius 2 is 1.94 bits per heavy atom. The summed E-state index contributed by atoms with van der Waals surface area (Å²) < 4.78 is 36.0. The van der Waals surface area contributed by atoms with Gasteiger partial charge in [-0.2, -0.15) is 0 Å². The van der Waals surface area contributed by atoms with E-state index < -0.39 is 43.2 Å². The van der Waals surface area contributed by atoms with Gasteiger partial charge in [0.05, 0.1) is 12.0 Å². The third-order valence-electron chi connectivity index (χ3n) is 8.68. The van der Waals surface area contributed by atoms with Gasteiger partial charge in [0.15, 0.2) is 13.9 Å². The van der Waals surface area contributed by atoms with Gasteiger partial charge < -0.3 is 28.1 Å². The van der Waals surface area contributed by atoms with Gasteiger partial charge in [0.1, 0.15) is 18.5 Å². The molecule has 8 atom stereocenters. The van der Waals surface area contributed by atoms with E-state index in [-0.39, 0.29) is 36.4 Å². The standard InChI is InChI=1S/C23H36O7Si/c1-10-23-17-16(26-13-25-7)19(30-23)28-18(24)14(12-27-31(8,9)20(2,3)4)21(17,5)11-15-22(23,6)29-15/h1,14-17,19H,11-13H2,2-9H3/t14-,15-,16+,17?,19+,21+,22-,23-/m0/s1. The maximum absolute atomic E-state index is 13.3. The van der Waals surface area contributed by atoms with E-state index in [1.54, 1.807) is 7.11 Å². The van der Waals surface area contributed by atoms with Crippen molar-refractivity contribution in [3.63, 3.8) is 0 Å². The third-order valence-corrected chi connectivity index (χ3v) is 13.2. The van der Waals surface area contributed by atoms with Gasteiger partial charge in [-0.3, -0.25) is 4.79 Å². The molecule has 3 heterocycles. The van der Waals surface area contributed by atoms with E-state index in [0.717, 1.165) is 0 Å². The Morgan fingerprint density at radius 3 is 2.52 bits per heavy atom. The molecule has 0 radical (unpaired) electrons. The molecule has 2 bridgehead atoms. The first kappa shape index (κ1) is 23.2. The number of methoxy groups -OCH3 is 1. The molecule has 1 aliphatic carbocycles. The molecule has 8 heteroatoms. The summed E-state index contributed by atoms with van der Waals surface area (Å²) in [5.41, 5.74) is -2.23. The van der Waals surface area contributed by atoms with Gasteiger partial charge in [-0.25, -0.2) is 0 Å². The molecule has 0 spiro atoms. The molecule has 0 N–H and O–H groups in total. The minimum absolute atomic E-state index is 0.0298. The van der Waals surface area contributed by atoms with E-state index in [1.807, 2.05) is 6.92 Å². The minimum Gasteiger partial charge on any atom is -0.432 e. The monoisotopic (exact) mass is 452 g/mol. The maximum Gasteiger partial charge on any atom is 0.314 e. The van der Waals surface area contributed by atoms with Crippen LogP contribution in [0, 0.1) is 29.6 Å². The van der Waals surface area contributed by atoms with Crippen LogP contribution in [-0.2, 0) is 32.9 Å². The Labute approximate surface area is 186 Å². The lowest BCUT2D eigenvalue weighted by Crippen LogP contribution is -2.63. The van der Waals surface area contributed by atoms with E-state index in [0.29, 0.717) is 6.42 Å². The Hall–Kier alpha value is -0.953. The lowest BCUT2D eigenvalue weighted by molar-refractivity contribution is -0.221. The molecule has 0 aromatic carbocycles. The van der Waals surface area contributed by atoms with Crippen molar-refractivity contribution in [3.8, 4) is 12.3 Å². The fourth-order valence-corrected chi connectivity index (χ4v) is 6.62. The van der Waals surface area contributed by atoms with Crippen LogP contribution in [0.4, 0.5) is 0 Å². The van der Waals surface area contributed by atoms with Crippen molar-refractivity contribution in [2.75, 3.05) is 20.5 Å². The summed E-state index contributed by atoms with van der Waals surface area (Å²) in [5, 5.41) is 0.0298. The summed E-state index contributed by atoms with van der Waals surface area (Å²) in [6.45, 7) is 15.3. The Kier molecular flexibility index (Phi) is 5.26. The maximum atomic E-state index is 13.3. The highest BCUT2D eigenvalue weighted by molar-refractivity contribution is 6.74. The summed E-state index contributed by atoms with van der Waals surface area (Å²) in [7, 11) is -0.521. The van der Waals surface area contributed by atoms with Crippen LogP contribution in [0.5, 0.6) is 0 Å². The average Bonchev–Trinajstić information content (AvgIpc) is 3.21. The molecule has 31 heavy (non-hydrogen) atoms. The van der Waals surface area contributed by atoms with Crippen molar-refractivity contribution >= 4 is 14.3 Å². The number of hydrogen-bond acceptors (Lipinski definition) is 7. The molecule has 0 aromatic rings. The number of ether oxygens (including phenoxy) is 5. The molecule has 0 amide bonds. The number of epoxide rings is 1. The molecular formula is C23H36O7Si. The molecule has 0 aromatic heterocycles. The van der Waals surface area contributed by atoms with Crippen molar-refractivity contribution in [2.45, 2.75) is 88.9 Å². The number of rotatable bonds is 6. The summed E-state index contributed by atoms with van der Waals surface area (Å²) in [6.07, 6.45) is 5.26. The number of carbonyl (C=O) groups is 1. The highest BCUT2D eigenvalue weighted by Gasteiger charge is 2.83. The Morgan fingerprint density at radius 1 is 1.26 bits per heavy atom. The molecule has 1 unspecified atom stereocenters. The first-order chi connectivity index (χ1) is 14.3. The normalized spacial score (nSPS) is 46.0. The van der Waals surface area contributed by atoms with Crippen LogP contribution in [0.3, 0.4) is 0 Å². The summed E-state index contributed by atoms with van der Waals surface area (Å²) >= 11 is 0. The van der Waals surface area contributed by atoms with Crippen molar-refractivity contribution in [3.05, 3.63) is 0 Å². The number of carbonyl (C=O) groups excluding carboxylic acids is 1. The van der Waals surface area contributed by atoms with Gasteiger partial charge in [0, 0.05) is 19.6 Å². The predicted molar refractivity (Wildman–Crippen MR) is 115 cm³/mol. The van der Waals surface area contributed by atoms with Crippen LogP contribution in [0.25, 0.3) is 0 Å². The highest BCUT2D eigenvalue weighted by atomic mass is 28.4. The van der Waals surface area contributed by atoms with E-state index >= 15 is 0 Å². The van der Waals surface area contributed by atoms with Crippen molar-refractivity contribution in [2.24, 2.45) is 17.3 Å². The predicted octanol–water partition coefficient (Wildman–Crippen LogP) is 3.08. The third kappa shape index (κ3) is 3.08. The molecule has 4 aliphatic rings. The zero-order chi connectivity index (χ0) is 23.0. The highest BCUT2D eigenvalue weighted by Crippen LogP contribution is 2.69. The van der Waals surface area contributed by atoms with Crippen LogP contribution in [0.1, 0.15) is 41.0 Å². The molecule has 3 saturated heterocycles. The van der Waals surface area contributed by atoms with E-state index in [1.165, 1.54) is 0 Å². The number of terminal acetylenes is 1. The second kappa shape index (κ2) is 7.02. The van der Waals surface area contributed by atoms with Crippen molar-refractivity contribution in [1.82, 2.24) is 0 Å². The molecule has 4 fully saturated rings. The first-order valence-corrected chi connectivity index (χ1v) is 14.0. The van der Waals surface area contributed by atoms with Crippen LogP contribution < -0.4 is 0 Å². The zero-order valence-corrected chi connectivity index (χ0v) is 20.9. The summed E-state index contributed by atoms with van der Waals surface area (Å²) in [6, 6.07) is 0. The van der Waals surface area contributed by atoms with Gasteiger partial charge >= 0.3 is 5.97 Å². The van der Waals surface area contributed by atoms with Gasteiger partial charge in [-0.1, -0.05) is 33.6 Å². The molecule has 7 nitrogen and oxygen atoms in total. The minimum atomic E-state index is -2.08. The fourth-order valence-electron chi connectivity index (χ4n) is 5.60. The van der Waals surface area contributed by atoms with E-state index in [4.69, 9.17) is 34.5 Å². The Bertz CT molecular complexity index is 801. The van der Waals surface area contributed by atoms with Crippen molar-refractivity contribution in [1.29, 1.82) is 0 Å². The lowest BCUT2D eigenvalue weighted by atomic mass is 9.52. The summed E-state index contributed by atoms with van der Waals surface area (Å²) in [4.78, 5) is 13.3. The van der Waals surface area contributed by atoms with E-state index in [9.17, 15) is 4.79 Å². The molecule has 174 valence electrons. The van der Waals surface area contributed by atoms with Gasteiger partial charge in [-0.05, 0) is 36.9 Å². The largest absolute Gasteiger partial charge is 0.432 e. The van der Waals surface area contributed by atoms with Crippen molar-refractivity contribution < 1.29 is 32.9 Å². The van der Waals surface area contributed by atoms with Gasteiger partial charge in [0.25, 0.3) is 0 Å². The quantitative estimate of drug-likeness (QED) is 0.202. The van der Waals surface area contributed by atoms with Crippen LogP contribution >= 0.6 is 0 Å². The fraction of sp³-hybridized carbons (Fsp3) is 0.870. The topological polar surface area (TPSA) is 75.8 Å². The van der Waals surface area contributed by atoms with Crippen LogP contribution in [0.2, 0.25) is 18.1 Å². The zero-order valence-electron chi connectivity index (χ0n) is 19.9. The number of hydrogen-bond donors (Lipinski definition) is 0. The smallest absolute Gasteiger partial charge is 0.314 e. The van der Waals surface area contributed by atoms with Gasteiger partial charge in [-0.15, -0.1) is 6.42 Å². The number of fused-ring (bicyclic) bond motifs is 3. The second-order valence-corrected chi connectivity index (χ2v) is 16.2. The van der Waals surface area contributed by atoms with Gasteiger partial charge in [0.2, 0.25) is 6.29 Å². The first-order valence-electron chi connectivity index (χ1n) is 11.1. The second-order valence-electron chi connectivity index (χ2n) is 11.4. The molecule has 1 saturated carbocycles. The van der Waals surface area contributed by atoms with Crippen LogP contribution in [-0.4, -0.2) is 64.5 Å². The molecular weight excluding hydrogens is 416 g/mol. The Balaban J connectivity index is 1.74. The lowest BCUT2D eigenvalue weighted by Gasteiger charge is -2.51. The van der Waals surface area contributed by atoms with Crippen LogP contribution in [0.15, 0.2) is 0 Å². The molecule has 4 rings (SSSR count).